The van der Waals surface area contributed by atoms with Crippen LogP contribution in [0.2, 0.25) is 0 Å². The molecule has 0 aromatic carbocycles. The molecule has 0 spiro atoms. The van der Waals surface area contributed by atoms with Crippen molar-refractivity contribution in [3.8, 4) is 0 Å². The Bertz CT molecular complexity index is 547. The first-order chi connectivity index (χ1) is 19.0. The summed E-state index contributed by atoms with van der Waals surface area (Å²) in [5.74, 6) is -0.224. The van der Waals surface area contributed by atoms with Gasteiger partial charge in [0.15, 0.2) is 0 Å². The first-order valence-electron chi connectivity index (χ1n) is 17.4. The van der Waals surface area contributed by atoms with Gasteiger partial charge in [-0.3, -0.25) is 9.59 Å². The summed E-state index contributed by atoms with van der Waals surface area (Å²) in [7, 11) is 0. The zero-order valence-corrected chi connectivity index (χ0v) is 27.0. The summed E-state index contributed by atoms with van der Waals surface area (Å²) in [6.07, 6.45) is 27.5. The number of hydrogen-bond donors (Lipinski definition) is 0. The van der Waals surface area contributed by atoms with E-state index in [0.29, 0.717) is 0 Å². The highest BCUT2D eigenvalue weighted by atomic mass is 16.6. The molecule has 4 nitrogen and oxygen atoms in total. The van der Waals surface area contributed by atoms with Gasteiger partial charge in [-0.1, -0.05) is 156 Å². The predicted molar refractivity (Wildman–Crippen MR) is 167 cm³/mol. The van der Waals surface area contributed by atoms with Gasteiger partial charge in [0.25, 0.3) is 0 Å². The van der Waals surface area contributed by atoms with Crippen LogP contribution in [-0.2, 0) is 19.1 Å². The van der Waals surface area contributed by atoms with Crippen molar-refractivity contribution in [1.82, 2.24) is 0 Å². The van der Waals surface area contributed by atoms with E-state index in [1.807, 2.05) is 6.92 Å². The molecular formula is C35H68O4. The number of esters is 2. The number of ether oxygens (including phenoxy) is 2. The summed E-state index contributed by atoms with van der Waals surface area (Å²) in [5, 5.41) is 0. The summed E-state index contributed by atoms with van der Waals surface area (Å²) in [5.41, 5.74) is 0. The summed E-state index contributed by atoms with van der Waals surface area (Å²) < 4.78 is 11.6. The van der Waals surface area contributed by atoms with E-state index in [2.05, 4.69) is 27.7 Å². The van der Waals surface area contributed by atoms with Crippen molar-refractivity contribution in [3.05, 3.63) is 0 Å². The summed E-state index contributed by atoms with van der Waals surface area (Å²) in [6.45, 7) is 11.0. The van der Waals surface area contributed by atoms with E-state index in [9.17, 15) is 9.59 Å². The average molecular weight is 553 g/mol. The van der Waals surface area contributed by atoms with Crippen LogP contribution in [0.25, 0.3) is 0 Å². The third-order valence-electron chi connectivity index (χ3n) is 8.07. The van der Waals surface area contributed by atoms with Crippen LogP contribution in [0.15, 0.2) is 0 Å². The highest BCUT2D eigenvalue weighted by molar-refractivity contribution is 5.73. The van der Waals surface area contributed by atoms with Crippen LogP contribution in [0.1, 0.15) is 189 Å². The smallest absolute Gasteiger partial charge is 0.309 e. The molecule has 0 aliphatic carbocycles. The van der Waals surface area contributed by atoms with Crippen LogP contribution in [0.4, 0.5) is 0 Å². The molecule has 0 aromatic rings. The van der Waals surface area contributed by atoms with Crippen LogP contribution >= 0.6 is 0 Å². The molecule has 0 radical (unpaired) electrons. The Hall–Kier alpha value is -1.06. The van der Waals surface area contributed by atoms with Crippen LogP contribution in [0.5, 0.6) is 0 Å². The Morgan fingerprint density at radius 2 is 0.769 bits per heavy atom. The van der Waals surface area contributed by atoms with Gasteiger partial charge in [-0.05, 0) is 32.6 Å². The number of unbranched alkanes of at least 4 members (excludes halogenated alkanes) is 16. The fourth-order valence-corrected chi connectivity index (χ4v) is 5.38. The van der Waals surface area contributed by atoms with E-state index in [1.165, 1.54) is 103 Å². The zero-order valence-electron chi connectivity index (χ0n) is 27.0. The van der Waals surface area contributed by atoms with Gasteiger partial charge in [0.1, 0.15) is 12.7 Å². The van der Waals surface area contributed by atoms with E-state index in [0.717, 1.165) is 51.4 Å². The number of hydrogen-bond acceptors (Lipinski definition) is 4. The van der Waals surface area contributed by atoms with Gasteiger partial charge >= 0.3 is 11.9 Å². The van der Waals surface area contributed by atoms with Gasteiger partial charge in [-0.15, -0.1) is 0 Å². The van der Waals surface area contributed by atoms with Gasteiger partial charge < -0.3 is 9.47 Å². The van der Waals surface area contributed by atoms with E-state index < -0.39 is 0 Å². The molecule has 0 saturated carbocycles. The Labute approximate surface area is 244 Å². The monoisotopic (exact) mass is 553 g/mol. The maximum Gasteiger partial charge on any atom is 0.309 e. The lowest BCUT2D eigenvalue weighted by Gasteiger charge is -2.21. The van der Waals surface area contributed by atoms with Gasteiger partial charge in [0.2, 0.25) is 0 Å². The third-order valence-corrected chi connectivity index (χ3v) is 8.07. The second-order valence-electron chi connectivity index (χ2n) is 12.1. The van der Waals surface area contributed by atoms with Gasteiger partial charge in [0, 0.05) is 0 Å². The molecule has 0 rings (SSSR count). The fourth-order valence-electron chi connectivity index (χ4n) is 5.38. The molecule has 4 heteroatoms. The van der Waals surface area contributed by atoms with Crippen molar-refractivity contribution >= 4 is 11.9 Å². The van der Waals surface area contributed by atoms with Crippen molar-refractivity contribution in [2.24, 2.45) is 11.8 Å². The maximum absolute atomic E-state index is 13.1. The van der Waals surface area contributed by atoms with Crippen molar-refractivity contribution in [1.29, 1.82) is 0 Å². The molecule has 0 saturated heterocycles. The summed E-state index contributed by atoms with van der Waals surface area (Å²) in [4.78, 5) is 26.0. The van der Waals surface area contributed by atoms with E-state index in [1.54, 1.807) is 0 Å². The Morgan fingerprint density at radius 3 is 1.15 bits per heavy atom. The fraction of sp³-hybridized carbons (Fsp3) is 0.943. The molecule has 0 aliphatic rings. The first-order valence-corrected chi connectivity index (χ1v) is 17.4. The van der Waals surface area contributed by atoms with Crippen molar-refractivity contribution in [2.75, 3.05) is 6.61 Å². The highest BCUT2D eigenvalue weighted by Gasteiger charge is 2.24. The minimum absolute atomic E-state index is 0.0186. The molecule has 232 valence electrons. The standard InChI is InChI=1S/C35H68O4/c1-6-10-14-18-20-24-27-32(26-22-16-12-8-3)34(36)38-30-31(5)39-35(37)33(28-23-17-13-9-4)29-25-21-19-15-11-7-2/h31-33H,6-30H2,1-5H3. The molecule has 3 atom stereocenters. The topological polar surface area (TPSA) is 52.6 Å². The maximum atomic E-state index is 13.1. The van der Waals surface area contributed by atoms with Gasteiger partial charge in [-0.25, -0.2) is 0 Å². The van der Waals surface area contributed by atoms with E-state index >= 15 is 0 Å². The Balaban J connectivity index is 4.67. The quantitative estimate of drug-likeness (QED) is 0.0684. The lowest BCUT2D eigenvalue weighted by Crippen LogP contribution is -2.28. The van der Waals surface area contributed by atoms with Crippen LogP contribution < -0.4 is 0 Å². The second-order valence-corrected chi connectivity index (χ2v) is 12.1. The summed E-state index contributed by atoms with van der Waals surface area (Å²) >= 11 is 0. The Morgan fingerprint density at radius 1 is 0.462 bits per heavy atom. The second kappa shape index (κ2) is 28.5. The molecule has 0 aromatic heterocycles. The molecule has 0 aliphatic heterocycles. The molecule has 0 bridgehead atoms. The minimum Gasteiger partial charge on any atom is -0.462 e. The molecule has 3 unspecified atom stereocenters. The molecular weight excluding hydrogens is 484 g/mol. The average Bonchev–Trinajstić information content (AvgIpc) is 2.93. The SMILES string of the molecule is CCCCCCCCC(CCCCCC)C(=O)OCC(C)OC(=O)C(CCCCCC)CCCCCCCC. The van der Waals surface area contributed by atoms with Gasteiger partial charge in [-0.2, -0.15) is 0 Å². The van der Waals surface area contributed by atoms with Crippen LogP contribution in [0.3, 0.4) is 0 Å². The molecule has 0 fully saturated rings. The third kappa shape index (κ3) is 23.4. The molecule has 39 heavy (non-hydrogen) atoms. The predicted octanol–water partition coefficient (Wildman–Crippen LogP) is 11.1. The summed E-state index contributed by atoms with van der Waals surface area (Å²) in [6, 6.07) is 0. The largest absolute Gasteiger partial charge is 0.462 e. The number of carbonyl (C=O) groups is 2. The molecule has 0 N–H and O–H groups in total. The van der Waals surface area contributed by atoms with Crippen LogP contribution in [0, 0.1) is 11.8 Å². The van der Waals surface area contributed by atoms with E-state index in [4.69, 9.17) is 9.47 Å². The van der Waals surface area contributed by atoms with Crippen molar-refractivity contribution in [2.45, 2.75) is 195 Å². The normalized spacial score (nSPS) is 13.7. The molecule has 0 heterocycles. The molecule has 0 amide bonds. The lowest BCUT2D eigenvalue weighted by molar-refractivity contribution is -0.163. The first kappa shape index (κ1) is 37.9. The Kier molecular flexibility index (Phi) is 27.7. The van der Waals surface area contributed by atoms with Crippen molar-refractivity contribution < 1.29 is 19.1 Å². The van der Waals surface area contributed by atoms with E-state index in [-0.39, 0.29) is 36.5 Å². The van der Waals surface area contributed by atoms with Crippen molar-refractivity contribution in [3.63, 3.8) is 0 Å². The minimum atomic E-state index is -0.390. The zero-order chi connectivity index (χ0) is 29.0. The highest BCUT2D eigenvalue weighted by Crippen LogP contribution is 2.23. The van der Waals surface area contributed by atoms with Crippen LogP contribution in [-0.4, -0.2) is 24.6 Å². The van der Waals surface area contributed by atoms with Gasteiger partial charge in [0.05, 0.1) is 11.8 Å². The number of carbonyl (C=O) groups excluding carboxylic acids is 2. The number of rotatable bonds is 29. The lowest BCUT2D eigenvalue weighted by atomic mass is 9.94.